The van der Waals surface area contributed by atoms with Gasteiger partial charge in [0.25, 0.3) is 0 Å². The second kappa shape index (κ2) is 5.50. The lowest BCUT2D eigenvalue weighted by Crippen LogP contribution is -2.40. The van der Waals surface area contributed by atoms with E-state index in [1.54, 1.807) is 6.07 Å². The van der Waals surface area contributed by atoms with Crippen molar-refractivity contribution in [3.05, 3.63) is 29.6 Å². The van der Waals surface area contributed by atoms with Crippen molar-refractivity contribution in [1.29, 1.82) is 0 Å². The first kappa shape index (κ1) is 12.4. The van der Waals surface area contributed by atoms with E-state index in [4.69, 9.17) is 0 Å². The Hall–Kier alpha value is -1.09. The van der Waals surface area contributed by atoms with Crippen LogP contribution in [0.4, 0.5) is 10.1 Å². The molecule has 1 unspecified atom stereocenters. The second-order valence-corrected chi connectivity index (χ2v) is 4.99. The van der Waals surface area contributed by atoms with Crippen LogP contribution in [0.1, 0.15) is 24.8 Å². The SMILES string of the molecule is Cc1ccc(F)c(NCC2CCCCN2C)c1. The van der Waals surface area contributed by atoms with Gasteiger partial charge in [0.1, 0.15) is 5.82 Å². The van der Waals surface area contributed by atoms with Gasteiger partial charge in [-0.05, 0) is 51.1 Å². The lowest BCUT2D eigenvalue weighted by Gasteiger charge is -2.32. The van der Waals surface area contributed by atoms with Gasteiger partial charge in [0.15, 0.2) is 0 Å². The molecule has 3 heteroatoms. The molecule has 1 fully saturated rings. The quantitative estimate of drug-likeness (QED) is 0.867. The standard InChI is InChI=1S/C14H21FN2/c1-11-6-7-13(15)14(9-11)16-10-12-5-3-4-8-17(12)2/h6-7,9,12,16H,3-5,8,10H2,1-2H3. The number of rotatable bonds is 3. The van der Waals surface area contributed by atoms with E-state index in [-0.39, 0.29) is 5.82 Å². The maximum Gasteiger partial charge on any atom is 0.146 e. The van der Waals surface area contributed by atoms with Crippen LogP contribution in [0.2, 0.25) is 0 Å². The summed E-state index contributed by atoms with van der Waals surface area (Å²) in [6.45, 7) is 3.97. The zero-order chi connectivity index (χ0) is 12.3. The van der Waals surface area contributed by atoms with Crippen molar-refractivity contribution in [2.75, 3.05) is 25.5 Å². The Morgan fingerprint density at radius 2 is 2.24 bits per heavy atom. The minimum Gasteiger partial charge on any atom is -0.381 e. The number of likely N-dealkylation sites (tertiary alicyclic amines) is 1. The first-order chi connectivity index (χ1) is 8.16. The fraction of sp³-hybridized carbons (Fsp3) is 0.571. The van der Waals surface area contributed by atoms with Crippen molar-refractivity contribution in [3.63, 3.8) is 0 Å². The number of aryl methyl sites for hydroxylation is 1. The molecule has 2 rings (SSSR count). The van der Waals surface area contributed by atoms with Gasteiger partial charge in [-0.2, -0.15) is 0 Å². The summed E-state index contributed by atoms with van der Waals surface area (Å²) < 4.78 is 13.5. The fourth-order valence-corrected chi connectivity index (χ4v) is 2.40. The molecule has 1 aromatic rings. The second-order valence-electron chi connectivity index (χ2n) is 4.99. The summed E-state index contributed by atoms with van der Waals surface area (Å²) in [7, 11) is 2.15. The van der Waals surface area contributed by atoms with E-state index in [0.29, 0.717) is 11.7 Å². The van der Waals surface area contributed by atoms with Gasteiger partial charge in [0, 0.05) is 12.6 Å². The highest BCUT2D eigenvalue weighted by molar-refractivity contribution is 5.47. The van der Waals surface area contributed by atoms with Gasteiger partial charge in [-0.25, -0.2) is 4.39 Å². The van der Waals surface area contributed by atoms with Crippen molar-refractivity contribution in [1.82, 2.24) is 4.90 Å². The van der Waals surface area contributed by atoms with Crippen LogP contribution in [0.3, 0.4) is 0 Å². The summed E-state index contributed by atoms with van der Waals surface area (Å²) in [5.74, 6) is -0.158. The summed E-state index contributed by atoms with van der Waals surface area (Å²) in [4.78, 5) is 2.37. The zero-order valence-corrected chi connectivity index (χ0v) is 10.7. The summed E-state index contributed by atoms with van der Waals surface area (Å²) in [6, 6.07) is 5.73. The maximum atomic E-state index is 13.5. The normalized spacial score (nSPS) is 21.5. The van der Waals surface area contributed by atoms with Crippen molar-refractivity contribution in [2.45, 2.75) is 32.2 Å². The Labute approximate surface area is 103 Å². The number of benzene rings is 1. The third-order valence-corrected chi connectivity index (χ3v) is 3.57. The Kier molecular flexibility index (Phi) is 4.00. The van der Waals surface area contributed by atoms with Crippen LogP contribution in [0, 0.1) is 12.7 Å². The largest absolute Gasteiger partial charge is 0.381 e. The molecule has 0 aromatic heterocycles. The van der Waals surface area contributed by atoms with Gasteiger partial charge in [-0.1, -0.05) is 12.5 Å². The molecule has 0 spiro atoms. The highest BCUT2D eigenvalue weighted by Crippen LogP contribution is 2.19. The molecule has 1 saturated heterocycles. The van der Waals surface area contributed by atoms with Gasteiger partial charge in [-0.15, -0.1) is 0 Å². The highest BCUT2D eigenvalue weighted by Gasteiger charge is 2.18. The smallest absolute Gasteiger partial charge is 0.146 e. The zero-order valence-electron chi connectivity index (χ0n) is 10.7. The lowest BCUT2D eigenvalue weighted by molar-refractivity contribution is 0.194. The topological polar surface area (TPSA) is 15.3 Å². The third kappa shape index (κ3) is 3.19. The highest BCUT2D eigenvalue weighted by atomic mass is 19.1. The molecule has 0 saturated carbocycles. The number of hydrogen-bond acceptors (Lipinski definition) is 2. The summed E-state index contributed by atoms with van der Waals surface area (Å²) >= 11 is 0. The molecule has 0 amide bonds. The molecular weight excluding hydrogens is 215 g/mol. The van der Waals surface area contributed by atoms with Gasteiger partial charge in [0.05, 0.1) is 5.69 Å². The van der Waals surface area contributed by atoms with Crippen LogP contribution in [0.5, 0.6) is 0 Å². The molecule has 94 valence electrons. The minimum atomic E-state index is -0.158. The van der Waals surface area contributed by atoms with Crippen molar-refractivity contribution in [3.8, 4) is 0 Å². The number of nitrogens with zero attached hydrogens (tertiary/aromatic N) is 1. The Bertz CT molecular complexity index is 378. The van der Waals surface area contributed by atoms with Gasteiger partial charge in [-0.3, -0.25) is 0 Å². The maximum absolute atomic E-state index is 13.5. The van der Waals surface area contributed by atoms with Gasteiger partial charge in [0.2, 0.25) is 0 Å². The number of nitrogens with one attached hydrogen (secondary N) is 1. The summed E-state index contributed by atoms with van der Waals surface area (Å²) in [5, 5.41) is 3.24. The summed E-state index contributed by atoms with van der Waals surface area (Å²) in [5.41, 5.74) is 1.72. The number of halogens is 1. The van der Waals surface area contributed by atoms with Crippen LogP contribution >= 0.6 is 0 Å². The van der Waals surface area contributed by atoms with Crippen molar-refractivity contribution < 1.29 is 4.39 Å². The minimum absolute atomic E-state index is 0.158. The number of anilines is 1. The Morgan fingerprint density at radius 3 is 3.00 bits per heavy atom. The molecule has 1 aromatic carbocycles. The molecule has 1 N–H and O–H groups in total. The number of hydrogen-bond donors (Lipinski definition) is 1. The monoisotopic (exact) mass is 236 g/mol. The van der Waals surface area contributed by atoms with Crippen LogP contribution in [0.15, 0.2) is 18.2 Å². The lowest BCUT2D eigenvalue weighted by atomic mass is 10.0. The Balaban J connectivity index is 1.94. The molecule has 0 radical (unpaired) electrons. The third-order valence-electron chi connectivity index (χ3n) is 3.57. The Morgan fingerprint density at radius 1 is 1.41 bits per heavy atom. The van der Waals surface area contributed by atoms with Crippen molar-refractivity contribution >= 4 is 5.69 Å². The van der Waals surface area contributed by atoms with E-state index >= 15 is 0 Å². The molecule has 1 heterocycles. The number of piperidine rings is 1. The molecule has 0 aliphatic carbocycles. The van der Waals surface area contributed by atoms with Crippen LogP contribution in [-0.4, -0.2) is 31.1 Å². The van der Waals surface area contributed by atoms with Crippen LogP contribution < -0.4 is 5.32 Å². The van der Waals surface area contributed by atoms with Crippen LogP contribution in [0.25, 0.3) is 0 Å². The van der Waals surface area contributed by atoms with E-state index in [2.05, 4.69) is 17.3 Å². The van der Waals surface area contributed by atoms with Gasteiger partial charge < -0.3 is 10.2 Å². The van der Waals surface area contributed by atoms with Crippen LogP contribution in [-0.2, 0) is 0 Å². The summed E-state index contributed by atoms with van der Waals surface area (Å²) in [6.07, 6.45) is 3.77. The van der Waals surface area contributed by atoms with E-state index in [1.807, 2.05) is 13.0 Å². The molecule has 2 nitrogen and oxygen atoms in total. The average Bonchev–Trinajstić information content (AvgIpc) is 2.32. The molecule has 1 aliphatic rings. The van der Waals surface area contributed by atoms with Gasteiger partial charge >= 0.3 is 0 Å². The van der Waals surface area contributed by atoms with E-state index in [1.165, 1.54) is 25.3 Å². The van der Waals surface area contributed by atoms with E-state index < -0.39 is 0 Å². The molecule has 1 aliphatic heterocycles. The number of likely N-dealkylation sites (N-methyl/N-ethyl adjacent to an activating group) is 1. The molecule has 17 heavy (non-hydrogen) atoms. The molecule has 0 bridgehead atoms. The van der Waals surface area contributed by atoms with Crippen molar-refractivity contribution in [2.24, 2.45) is 0 Å². The van der Waals surface area contributed by atoms with E-state index in [9.17, 15) is 4.39 Å². The van der Waals surface area contributed by atoms with E-state index in [0.717, 1.165) is 18.7 Å². The predicted molar refractivity (Wildman–Crippen MR) is 69.9 cm³/mol. The first-order valence-electron chi connectivity index (χ1n) is 6.37. The predicted octanol–water partition coefficient (Wildman–Crippen LogP) is 3.03. The first-order valence-corrected chi connectivity index (χ1v) is 6.37. The average molecular weight is 236 g/mol. The molecule has 1 atom stereocenters. The fourth-order valence-electron chi connectivity index (χ4n) is 2.40. The molecular formula is C14H21FN2.